The van der Waals surface area contributed by atoms with E-state index in [4.69, 9.17) is 9.47 Å². The maximum Gasteiger partial charge on any atom is 0.331 e. The van der Waals surface area contributed by atoms with Gasteiger partial charge in [0.05, 0.1) is 31.4 Å². The molecular weight excluding hydrogens is 368 g/mol. The zero-order chi connectivity index (χ0) is 20.5. The third-order valence-electron chi connectivity index (χ3n) is 5.51. The Morgan fingerprint density at radius 3 is 2.31 bits per heavy atom. The molecule has 1 fully saturated rings. The molecule has 152 valence electrons. The molecule has 0 saturated carbocycles. The van der Waals surface area contributed by atoms with Gasteiger partial charge in [-0.05, 0) is 62.6 Å². The average molecular weight is 394 g/mol. The van der Waals surface area contributed by atoms with E-state index in [9.17, 15) is 9.59 Å². The summed E-state index contributed by atoms with van der Waals surface area (Å²) < 4.78 is 11.5. The van der Waals surface area contributed by atoms with Gasteiger partial charge in [0.15, 0.2) is 11.5 Å². The largest absolute Gasteiger partial charge is 0.490 e. The molecular formula is C23H26N2O4. The van der Waals surface area contributed by atoms with Gasteiger partial charge in [-0.3, -0.25) is 4.79 Å². The van der Waals surface area contributed by atoms with Gasteiger partial charge in [0.2, 0.25) is 5.91 Å². The van der Waals surface area contributed by atoms with Crippen molar-refractivity contribution in [2.45, 2.75) is 39.7 Å². The molecule has 0 bridgehead atoms. The second-order valence-electron chi connectivity index (χ2n) is 7.37. The summed E-state index contributed by atoms with van der Waals surface area (Å²) in [6.45, 7) is 7.49. The van der Waals surface area contributed by atoms with Crippen LogP contribution < -0.4 is 14.4 Å². The first kappa shape index (κ1) is 19.3. The predicted octanol–water partition coefficient (Wildman–Crippen LogP) is 4.25. The maximum atomic E-state index is 13.2. The molecule has 29 heavy (non-hydrogen) atoms. The summed E-state index contributed by atoms with van der Waals surface area (Å²) in [4.78, 5) is 29.3. The Labute approximate surface area is 171 Å². The van der Waals surface area contributed by atoms with Gasteiger partial charge in [0.25, 0.3) is 0 Å². The van der Waals surface area contributed by atoms with Crippen molar-refractivity contribution in [3.8, 4) is 11.5 Å². The lowest BCUT2D eigenvalue weighted by molar-refractivity contribution is -0.120. The molecule has 2 aliphatic heterocycles. The predicted molar refractivity (Wildman–Crippen MR) is 111 cm³/mol. The fraction of sp³-hybridized carbons (Fsp3) is 0.391. The minimum atomic E-state index is -0.268. The number of fused-ring (bicyclic) bond motifs is 3. The van der Waals surface area contributed by atoms with Crippen molar-refractivity contribution in [1.82, 2.24) is 4.90 Å². The fourth-order valence-corrected chi connectivity index (χ4v) is 4.13. The molecule has 1 atom stereocenters. The number of hydrogen-bond acceptors (Lipinski definition) is 4. The topological polar surface area (TPSA) is 59.1 Å². The monoisotopic (exact) mass is 394 g/mol. The zero-order valence-corrected chi connectivity index (χ0v) is 17.1. The number of anilines is 1. The van der Waals surface area contributed by atoms with Crippen LogP contribution >= 0.6 is 0 Å². The molecule has 0 N–H and O–H groups in total. The Balaban J connectivity index is 1.69. The first-order valence-electron chi connectivity index (χ1n) is 10.2. The highest BCUT2D eigenvalue weighted by atomic mass is 16.5. The van der Waals surface area contributed by atoms with Crippen LogP contribution in [0.2, 0.25) is 0 Å². The third kappa shape index (κ3) is 3.43. The fourth-order valence-electron chi connectivity index (χ4n) is 4.13. The number of carbonyl (C=O) groups is 2. The molecule has 2 aromatic carbocycles. The summed E-state index contributed by atoms with van der Waals surface area (Å²) in [6.07, 6.45) is 0.978. The maximum absolute atomic E-state index is 13.2. The summed E-state index contributed by atoms with van der Waals surface area (Å²) in [5, 5.41) is 0. The Morgan fingerprint density at radius 1 is 1.00 bits per heavy atom. The molecule has 1 saturated heterocycles. The Morgan fingerprint density at radius 2 is 1.66 bits per heavy atom. The van der Waals surface area contributed by atoms with E-state index in [0.29, 0.717) is 31.2 Å². The molecule has 6 heteroatoms. The first-order valence-corrected chi connectivity index (χ1v) is 10.2. The molecule has 0 unspecified atom stereocenters. The number of amides is 3. The number of aryl methyl sites for hydroxylation is 1. The van der Waals surface area contributed by atoms with Gasteiger partial charge in [-0.2, -0.15) is 0 Å². The summed E-state index contributed by atoms with van der Waals surface area (Å²) in [7, 11) is 0. The van der Waals surface area contributed by atoms with E-state index < -0.39 is 0 Å². The lowest BCUT2D eigenvalue weighted by atomic mass is 9.88. The standard InChI is InChI=1S/C23H26N2O4/c1-4-28-20-12-16-10-11-24-19(18(16)13-21(20)29-5-2)14-22(26)25(23(24)27)17-8-6-15(3)7-9-17/h6-9,12-13,19H,4-5,10-11,14H2,1-3H3/t19-/m0/s1. The summed E-state index contributed by atoms with van der Waals surface area (Å²) >= 11 is 0. The molecule has 2 heterocycles. The van der Waals surface area contributed by atoms with E-state index in [2.05, 4.69) is 0 Å². The molecule has 2 aromatic rings. The molecule has 0 spiro atoms. The highest BCUT2D eigenvalue weighted by Crippen LogP contribution is 2.42. The molecule has 3 amide bonds. The van der Waals surface area contributed by atoms with Crippen LogP contribution in [0, 0.1) is 6.92 Å². The summed E-state index contributed by atoms with van der Waals surface area (Å²) in [6, 6.07) is 10.9. The van der Waals surface area contributed by atoms with E-state index in [1.165, 1.54) is 4.90 Å². The van der Waals surface area contributed by atoms with Crippen LogP contribution in [0.25, 0.3) is 0 Å². The van der Waals surface area contributed by atoms with Crippen molar-refractivity contribution in [2.75, 3.05) is 24.7 Å². The summed E-state index contributed by atoms with van der Waals surface area (Å²) in [5.74, 6) is 1.20. The third-order valence-corrected chi connectivity index (χ3v) is 5.51. The van der Waals surface area contributed by atoms with Gasteiger partial charge >= 0.3 is 6.03 Å². The average Bonchev–Trinajstić information content (AvgIpc) is 2.70. The van der Waals surface area contributed by atoms with Crippen molar-refractivity contribution in [1.29, 1.82) is 0 Å². The van der Waals surface area contributed by atoms with Gasteiger partial charge in [0, 0.05) is 6.54 Å². The summed E-state index contributed by atoms with van der Waals surface area (Å²) in [5.41, 5.74) is 3.80. The zero-order valence-electron chi connectivity index (χ0n) is 17.1. The number of imide groups is 1. The Bertz CT molecular complexity index is 939. The quantitative estimate of drug-likeness (QED) is 0.761. The smallest absolute Gasteiger partial charge is 0.331 e. The second kappa shape index (κ2) is 7.78. The van der Waals surface area contributed by atoms with Gasteiger partial charge in [-0.1, -0.05) is 17.7 Å². The van der Waals surface area contributed by atoms with Crippen LogP contribution in [0.4, 0.5) is 10.5 Å². The number of carbonyl (C=O) groups excluding carboxylic acids is 2. The molecule has 0 aromatic heterocycles. The Hall–Kier alpha value is -3.02. The number of benzene rings is 2. The first-order chi connectivity index (χ1) is 14.0. The lowest BCUT2D eigenvalue weighted by Crippen LogP contribution is -2.55. The van der Waals surface area contributed by atoms with Crippen LogP contribution in [0.5, 0.6) is 11.5 Å². The van der Waals surface area contributed by atoms with Crippen LogP contribution in [0.1, 0.15) is 43.0 Å². The van der Waals surface area contributed by atoms with Crippen LogP contribution in [0.15, 0.2) is 36.4 Å². The number of urea groups is 1. The molecule has 0 radical (unpaired) electrons. The highest BCUT2D eigenvalue weighted by Gasteiger charge is 2.43. The van der Waals surface area contributed by atoms with Gasteiger partial charge in [-0.25, -0.2) is 9.69 Å². The molecule has 6 nitrogen and oxygen atoms in total. The number of ether oxygens (including phenoxy) is 2. The molecule has 4 rings (SSSR count). The van der Waals surface area contributed by atoms with Crippen molar-refractivity contribution in [2.24, 2.45) is 0 Å². The number of rotatable bonds is 5. The second-order valence-corrected chi connectivity index (χ2v) is 7.37. The van der Waals surface area contributed by atoms with E-state index in [-0.39, 0.29) is 24.4 Å². The van der Waals surface area contributed by atoms with Gasteiger partial charge in [-0.15, -0.1) is 0 Å². The van der Waals surface area contributed by atoms with Crippen molar-refractivity contribution < 1.29 is 19.1 Å². The SMILES string of the molecule is CCOc1cc2c(cc1OCC)[C@@H]1CC(=O)N(c3ccc(C)cc3)C(=O)N1CC2. The lowest BCUT2D eigenvalue weighted by Gasteiger charge is -2.43. The van der Waals surface area contributed by atoms with E-state index in [1.54, 1.807) is 4.90 Å². The van der Waals surface area contributed by atoms with E-state index in [0.717, 1.165) is 28.9 Å². The van der Waals surface area contributed by atoms with Crippen molar-refractivity contribution >= 4 is 17.6 Å². The Kier molecular flexibility index (Phi) is 5.18. The van der Waals surface area contributed by atoms with Crippen LogP contribution in [-0.2, 0) is 11.2 Å². The highest BCUT2D eigenvalue weighted by molar-refractivity contribution is 6.16. The van der Waals surface area contributed by atoms with Gasteiger partial charge < -0.3 is 14.4 Å². The van der Waals surface area contributed by atoms with Gasteiger partial charge in [0.1, 0.15) is 0 Å². The van der Waals surface area contributed by atoms with Crippen molar-refractivity contribution in [3.05, 3.63) is 53.1 Å². The van der Waals surface area contributed by atoms with Crippen LogP contribution in [-0.4, -0.2) is 36.6 Å². The minimum Gasteiger partial charge on any atom is -0.490 e. The van der Waals surface area contributed by atoms with E-state index in [1.807, 2.05) is 57.2 Å². The number of hydrogen-bond donors (Lipinski definition) is 0. The molecule has 0 aliphatic carbocycles. The normalized spacial score (nSPS) is 18.4. The number of nitrogens with zero attached hydrogens (tertiary/aromatic N) is 2. The van der Waals surface area contributed by atoms with Crippen LogP contribution in [0.3, 0.4) is 0 Å². The van der Waals surface area contributed by atoms with Crippen molar-refractivity contribution in [3.63, 3.8) is 0 Å². The van der Waals surface area contributed by atoms with E-state index >= 15 is 0 Å². The minimum absolute atomic E-state index is 0.181. The molecule has 2 aliphatic rings.